The molecule has 0 bridgehead atoms. The van der Waals surface area contributed by atoms with Gasteiger partial charge >= 0.3 is 0 Å². The van der Waals surface area contributed by atoms with Crippen LogP contribution in [0.3, 0.4) is 0 Å². The van der Waals surface area contributed by atoms with Gasteiger partial charge in [0.15, 0.2) is 24.8 Å². The van der Waals surface area contributed by atoms with Crippen molar-refractivity contribution in [2.24, 2.45) is 28.2 Å². The number of nitrogens with zero attached hydrogens (tertiary/aromatic N) is 7. The normalized spacial score (nSPS) is 12.0. The molecule has 0 saturated heterocycles. The van der Waals surface area contributed by atoms with Gasteiger partial charge in [-0.05, 0) is 222 Å². The molecule has 16 aromatic rings. The van der Waals surface area contributed by atoms with Gasteiger partial charge in [0, 0.05) is 111 Å². The van der Waals surface area contributed by atoms with Crippen molar-refractivity contribution in [2.75, 3.05) is 0 Å². The Morgan fingerprint density at radius 3 is 1.15 bits per heavy atom. The predicted molar refractivity (Wildman–Crippen MR) is 417 cm³/mol. The van der Waals surface area contributed by atoms with Crippen LogP contribution in [-0.4, -0.2) is 15.0 Å². The van der Waals surface area contributed by atoms with E-state index in [1.54, 1.807) is 6.20 Å². The van der Waals surface area contributed by atoms with Gasteiger partial charge in [-0.25, -0.2) is 18.3 Å². The van der Waals surface area contributed by atoms with E-state index in [-0.39, 0.29) is 0 Å². The van der Waals surface area contributed by atoms with E-state index in [1.165, 1.54) is 159 Å². The number of benzene rings is 9. The van der Waals surface area contributed by atoms with Gasteiger partial charge in [-0.15, -0.1) is 0 Å². The Bertz CT molecular complexity index is 6060. The Morgan fingerprint density at radius 1 is 0.253 bits per heavy atom. The van der Waals surface area contributed by atoms with E-state index in [2.05, 4.69) is 319 Å². The molecule has 0 aliphatic heterocycles. The van der Waals surface area contributed by atoms with E-state index < -0.39 is 6.85 Å². The molecule has 7 aromatic heterocycles. The molecule has 7 nitrogen and oxygen atoms in total. The Morgan fingerprint density at radius 2 is 0.626 bits per heavy atom. The average molecular weight is 1300 g/mol. The van der Waals surface area contributed by atoms with Gasteiger partial charge in [-0.2, -0.15) is 0 Å². The van der Waals surface area contributed by atoms with Crippen LogP contribution in [0.1, 0.15) is 88.0 Å². The quantitative estimate of drug-likeness (QED) is 0.130. The van der Waals surface area contributed by atoms with Gasteiger partial charge in [0.1, 0.15) is 28.2 Å². The van der Waals surface area contributed by atoms with Gasteiger partial charge < -0.3 is 0 Å². The molecule has 0 spiro atoms. The molecular weight excluding hydrogens is 1200 g/mol. The van der Waals surface area contributed by atoms with Crippen molar-refractivity contribution in [1.29, 1.82) is 0 Å². The van der Waals surface area contributed by atoms with Crippen LogP contribution >= 0.6 is 0 Å². The number of fused-ring (bicyclic) bond motifs is 12. The fraction of sp³-hybridized carbons (Fsp3) is 0.207. The highest BCUT2D eigenvalue weighted by Gasteiger charge is 2.23. The summed E-state index contributed by atoms with van der Waals surface area (Å²) in [5, 5.41) is 16.1. The van der Waals surface area contributed by atoms with Crippen molar-refractivity contribution in [3.8, 4) is 45.0 Å². The van der Waals surface area contributed by atoms with Gasteiger partial charge in [0.2, 0.25) is 22.8 Å². The first kappa shape index (κ1) is 62.9. The second-order valence-corrected chi connectivity index (χ2v) is 27.7. The lowest BCUT2D eigenvalue weighted by Gasteiger charge is -2.13. The zero-order valence-corrected chi connectivity index (χ0v) is 60.8. The van der Waals surface area contributed by atoms with Crippen molar-refractivity contribution in [3.05, 3.63) is 291 Å². The van der Waals surface area contributed by atoms with E-state index in [1.807, 2.05) is 24.6 Å². The average Bonchev–Trinajstić information content (AvgIpc) is 0.764. The fourth-order valence-corrected chi connectivity index (χ4v) is 14.6. The number of rotatable bonds is 4. The fourth-order valence-electron chi connectivity index (χ4n) is 14.6. The summed E-state index contributed by atoms with van der Waals surface area (Å²) in [6.45, 7) is 27.7. The lowest BCUT2D eigenvalue weighted by Crippen LogP contribution is -2.31. The minimum atomic E-state index is -2.10. The smallest absolute Gasteiger partial charge is 0.215 e. The van der Waals surface area contributed by atoms with Crippen molar-refractivity contribution in [2.45, 2.75) is 104 Å². The second kappa shape index (κ2) is 26.8. The monoisotopic (exact) mass is 1300 g/mol. The van der Waals surface area contributed by atoms with E-state index in [4.69, 9.17) is 19.1 Å². The van der Waals surface area contributed by atoms with E-state index >= 15 is 0 Å². The molecule has 0 fully saturated rings. The van der Waals surface area contributed by atoms with Crippen LogP contribution in [0.25, 0.3) is 132 Å². The van der Waals surface area contributed by atoms with E-state index in [0.29, 0.717) is 5.56 Å². The van der Waals surface area contributed by atoms with Crippen LogP contribution in [-0.2, 0) is 28.2 Å². The molecule has 16 rings (SSSR count). The minimum Gasteiger partial charge on any atom is -0.252 e. The standard InChI is InChI=1S/3C23H23N2.C23H22N/c1-14-11-23(25(5)13-16(14)3)20-12-21-19-9-7-6-8-18(19)17(4)24-22(21)10-15(20)2;1-14-11-23(25(5)13-16(14)3)20-12-22-21(10-15(20)2)19-9-7-6-8-18(19)17(4)24-22;1-14-10-11-20-19-9-7-6-8-18(19)17(4)24-23(20)22(14)21-12-15(2)16(3)13-25(21)5;1-15-12-23(24(4)14-17(15)3)21-13-19-10-9-18-7-5-6-8-20(18)22(19)11-16(21)2/h3*6-13H,1-5H3;5-14H,1-4H3/q4*+1/i;;;3D3. The molecule has 0 aliphatic rings. The van der Waals surface area contributed by atoms with Crippen molar-refractivity contribution in [1.82, 2.24) is 15.0 Å². The molecule has 0 saturated carbocycles. The first-order chi connectivity index (χ1) is 48.6. The maximum absolute atomic E-state index is 7.73. The Labute approximate surface area is 588 Å². The number of hydrogen-bond acceptors (Lipinski definition) is 3. The highest BCUT2D eigenvalue weighted by atomic mass is 14.9. The number of aromatic nitrogens is 7. The van der Waals surface area contributed by atoms with E-state index in [0.717, 1.165) is 50.5 Å². The molecule has 7 heterocycles. The minimum absolute atomic E-state index is 0.401. The zero-order valence-electron chi connectivity index (χ0n) is 63.8. The number of hydrogen-bond donors (Lipinski definition) is 0. The van der Waals surface area contributed by atoms with Crippen LogP contribution in [0.4, 0.5) is 0 Å². The summed E-state index contributed by atoms with van der Waals surface area (Å²) in [4.78, 5) is 14.8. The SMILES string of the molecule is Cc1cc(-c2c(C)ccc3c2nc(C)c2ccccc23)[n+](C)cc1C.Cc1cc(-c2cc3c(cc2C)nc(C)c2ccccc23)[n+](C)cc1C.Cc1cc(-c2cc3nc(C)c4ccccc4c3cc2C)[n+](C)cc1C.[2H]C([2H])([2H])c1c[n+](C)c(-c2cc3ccc4ccccc4c3cc2C)cc1C. The van der Waals surface area contributed by atoms with Gasteiger partial charge in [-0.1, -0.05) is 121 Å². The largest absolute Gasteiger partial charge is 0.252 e. The summed E-state index contributed by atoms with van der Waals surface area (Å²) in [6.07, 6.45) is 8.35. The zero-order chi connectivity index (χ0) is 72.5. The first-order valence-corrected chi connectivity index (χ1v) is 34.4. The molecular formula is C92H91N7+4. The van der Waals surface area contributed by atoms with Crippen LogP contribution in [0.15, 0.2) is 207 Å². The molecule has 99 heavy (non-hydrogen) atoms. The molecule has 0 amide bonds. The lowest BCUT2D eigenvalue weighted by molar-refractivity contribution is -0.660. The number of aryl methyl sites for hydroxylation is 19. The maximum Gasteiger partial charge on any atom is 0.215 e. The highest BCUT2D eigenvalue weighted by Crippen LogP contribution is 2.38. The molecule has 0 atom stereocenters. The van der Waals surface area contributed by atoms with Crippen LogP contribution in [0, 0.1) is 104 Å². The molecule has 490 valence electrons. The molecule has 0 unspecified atom stereocenters. The summed E-state index contributed by atoms with van der Waals surface area (Å²) in [6, 6.07) is 65.1. The Kier molecular flexibility index (Phi) is 17.1. The summed E-state index contributed by atoms with van der Waals surface area (Å²) in [7, 11) is 8.27. The van der Waals surface area contributed by atoms with Crippen molar-refractivity contribution < 1.29 is 22.4 Å². The third kappa shape index (κ3) is 12.7. The summed E-state index contributed by atoms with van der Waals surface area (Å²) < 4.78 is 31.8. The van der Waals surface area contributed by atoms with Gasteiger partial charge in [0.25, 0.3) is 0 Å². The Balaban J connectivity index is 0.000000121. The summed E-state index contributed by atoms with van der Waals surface area (Å²) in [5.41, 5.74) is 30.1. The topological polar surface area (TPSA) is 54.2 Å². The van der Waals surface area contributed by atoms with Crippen LogP contribution in [0.5, 0.6) is 0 Å². The van der Waals surface area contributed by atoms with Crippen LogP contribution in [0.2, 0.25) is 0 Å². The predicted octanol–water partition coefficient (Wildman–Crippen LogP) is 20.7. The van der Waals surface area contributed by atoms with Gasteiger partial charge in [0.05, 0.1) is 27.7 Å². The molecule has 0 N–H and O–H groups in total. The second-order valence-electron chi connectivity index (χ2n) is 27.7. The van der Waals surface area contributed by atoms with Crippen molar-refractivity contribution >= 4 is 86.6 Å². The lowest BCUT2D eigenvalue weighted by atomic mass is 9.95. The molecule has 9 aromatic carbocycles. The maximum atomic E-state index is 7.73. The third-order valence-electron chi connectivity index (χ3n) is 20.6. The number of pyridine rings is 7. The van der Waals surface area contributed by atoms with Crippen LogP contribution < -0.4 is 18.3 Å². The van der Waals surface area contributed by atoms with E-state index in [9.17, 15) is 0 Å². The molecule has 0 radical (unpaired) electrons. The first-order valence-electron chi connectivity index (χ1n) is 35.9. The molecule has 0 aliphatic carbocycles. The van der Waals surface area contributed by atoms with Gasteiger partial charge in [-0.3, -0.25) is 15.0 Å². The summed E-state index contributed by atoms with van der Waals surface area (Å²) in [5.74, 6) is 0. The highest BCUT2D eigenvalue weighted by molar-refractivity contribution is 6.12. The molecule has 7 heteroatoms. The summed E-state index contributed by atoms with van der Waals surface area (Å²) >= 11 is 0. The Hall–Kier alpha value is -10.9. The van der Waals surface area contributed by atoms with Crippen molar-refractivity contribution in [3.63, 3.8) is 0 Å². The third-order valence-corrected chi connectivity index (χ3v) is 20.6.